The maximum Gasteiger partial charge on any atom is 0.302 e. The maximum atomic E-state index is 10.3. The SMILES string of the molecule is CC(OS(=O)O)c1ccccc1. The lowest BCUT2D eigenvalue weighted by Gasteiger charge is -2.08. The Hall–Kier alpha value is -0.710. The van der Waals surface area contributed by atoms with E-state index in [9.17, 15) is 4.21 Å². The highest BCUT2D eigenvalue weighted by Crippen LogP contribution is 2.16. The van der Waals surface area contributed by atoms with E-state index < -0.39 is 11.4 Å². The van der Waals surface area contributed by atoms with Gasteiger partial charge in [0, 0.05) is 0 Å². The van der Waals surface area contributed by atoms with Crippen LogP contribution in [0.15, 0.2) is 30.3 Å². The second kappa shape index (κ2) is 4.35. The molecule has 12 heavy (non-hydrogen) atoms. The molecule has 0 heterocycles. The van der Waals surface area contributed by atoms with Gasteiger partial charge < -0.3 is 0 Å². The van der Waals surface area contributed by atoms with Crippen LogP contribution in [0, 0.1) is 0 Å². The Morgan fingerprint density at radius 2 is 2.00 bits per heavy atom. The van der Waals surface area contributed by atoms with Gasteiger partial charge in [0.05, 0.1) is 6.10 Å². The van der Waals surface area contributed by atoms with Gasteiger partial charge in [-0.1, -0.05) is 30.3 Å². The zero-order valence-corrected chi connectivity index (χ0v) is 7.45. The average Bonchev–Trinajstić information content (AvgIpc) is 2.05. The van der Waals surface area contributed by atoms with Gasteiger partial charge in [0.1, 0.15) is 0 Å². The molecule has 0 fully saturated rings. The lowest BCUT2D eigenvalue weighted by atomic mass is 10.1. The summed E-state index contributed by atoms with van der Waals surface area (Å²) in [4.78, 5) is 0. The molecule has 0 amide bonds. The summed E-state index contributed by atoms with van der Waals surface area (Å²) >= 11 is -2.20. The highest BCUT2D eigenvalue weighted by molar-refractivity contribution is 7.74. The van der Waals surface area contributed by atoms with Crippen LogP contribution in [0.4, 0.5) is 0 Å². The molecule has 0 aliphatic rings. The molecule has 66 valence electrons. The van der Waals surface area contributed by atoms with Crippen LogP contribution >= 0.6 is 0 Å². The van der Waals surface area contributed by atoms with Gasteiger partial charge in [-0.15, -0.1) is 0 Å². The van der Waals surface area contributed by atoms with E-state index in [1.165, 1.54) is 0 Å². The van der Waals surface area contributed by atoms with Gasteiger partial charge in [-0.05, 0) is 12.5 Å². The number of benzene rings is 1. The summed E-state index contributed by atoms with van der Waals surface area (Å²) in [6, 6.07) is 9.28. The Kier molecular flexibility index (Phi) is 3.40. The van der Waals surface area contributed by atoms with E-state index in [4.69, 9.17) is 4.55 Å². The lowest BCUT2D eigenvalue weighted by molar-refractivity contribution is 0.227. The van der Waals surface area contributed by atoms with Gasteiger partial charge >= 0.3 is 11.4 Å². The quantitative estimate of drug-likeness (QED) is 0.733. The van der Waals surface area contributed by atoms with E-state index in [0.29, 0.717) is 0 Å². The van der Waals surface area contributed by atoms with E-state index >= 15 is 0 Å². The van der Waals surface area contributed by atoms with Crippen molar-refractivity contribution in [2.24, 2.45) is 0 Å². The first-order valence-electron chi connectivity index (χ1n) is 3.53. The van der Waals surface area contributed by atoms with E-state index in [1.807, 2.05) is 30.3 Å². The van der Waals surface area contributed by atoms with E-state index in [0.717, 1.165) is 5.56 Å². The monoisotopic (exact) mass is 186 g/mol. The number of hydrogen-bond donors (Lipinski definition) is 1. The van der Waals surface area contributed by atoms with E-state index in [1.54, 1.807) is 6.92 Å². The fourth-order valence-electron chi connectivity index (χ4n) is 0.903. The van der Waals surface area contributed by atoms with Crippen LogP contribution in [0.1, 0.15) is 18.6 Å². The standard InChI is InChI=1S/C8H10O3S/c1-7(11-12(9)10)8-5-3-2-4-6-8/h2-7H,1H3,(H,9,10). The lowest BCUT2D eigenvalue weighted by Crippen LogP contribution is -2.01. The van der Waals surface area contributed by atoms with Gasteiger partial charge in [0.25, 0.3) is 0 Å². The first kappa shape index (κ1) is 9.38. The highest BCUT2D eigenvalue weighted by Gasteiger charge is 2.07. The van der Waals surface area contributed by atoms with Gasteiger partial charge in [-0.3, -0.25) is 8.74 Å². The third-order valence-corrected chi connectivity index (χ3v) is 1.95. The number of rotatable bonds is 3. The van der Waals surface area contributed by atoms with Crippen molar-refractivity contribution in [3.63, 3.8) is 0 Å². The van der Waals surface area contributed by atoms with Crippen molar-refractivity contribution in [3.05, 3.63) is 35.9 Å². The second-order valence-corrected chi connectivity index (χ2v) is 2.99. The highest BCUT2D eigenvalue weighted by atomic mass is 32.2. The largest absolute Gasteiger partial charge is 0.302 e. The summed E-state index contributed by atoms with van der Waals surface area (Å²) in [7, 11) is 0. The van der Waals surface area contributed by atoms with Crippen LogP contribution in [0.3, 0.4) is 0 Å². The average molecular weight is 186 g/mol. The fraction of sp³-hybridized carbons (Fsp3) is 0.250. The molecule has 0 saturated carbocycles. The van der Waals surface area contributed by atoms with Crippen LogP contribution in [-0.2, 0) is 15.5 Å². The Balaban J connectivity index is 2.65. The first-order chi connectivity index (χ1) is 5.70. The summed E-state index contributed by atoms with van der Waals surface area (Å²) in [5, 5.41) is 0. The van der Waals surface area contributed by atoms with Crippen LogP contribution in [0.5, 0.6) is 0 Å². The molecule has 1 aromatic rings. The van der Waals surface area contributed by atoms with Crippen LogP contribution in [-0.4, -0.2) is 8.76 Å². The molecule has 0 radical (unpaired) electrons. The summed E-state index contributed by atoms with van der Waals surface area (Å²) in [6.07, 6.45) is -0.350. The molecule has 0 aliphatic carbocycles. The molecule has 1 aromatic carbocycles. The molecule has 1 rings (SSSR count). The van der Waals surface area contributed by atoms with Crippen LogP contribution in [0.2, 0.25) is 0 Å². The van der Waals surface area contributed by atoms with Crippen molar-refractivity contribution in [1.29, 1.82) is 0 Å². The minimum Gasteiger partial charge on any atom is -0.284 e. The Bertz CT molecular complexity index is 260. The smallest absolute Gasteiger partial charge is 0.284 e. The minimum atomic E-state index is -2.20. The Labute approximate surface area is 73.9 Å². The van der Waals surface area contributed by atoms with Gasteiger partial charge in [0.15, 0.2) is 0 Å². The molecule has 0 saturated heterocycles. The zero-order valence-electron chi connectivity index (χ0n) is 6.64. The third-order valence-electron chi connectivity index (χ3n) is 1.50. The molecule has 0 bridgehead atoms. The molecule has 0 aliphatic heterocycles. The molecule has 0 aromatic heterocycles. The number of hydrogen-bond acceptors (Lipinski definition) is 2. The normalized spacial score (nSPS) is 15.5. The van der Waals surface area contributed by atoms with E-state index in [2.05, 4.69) is 4.18 Å². The Morgan fingerprint density at radius 3 is 2.50 bits per heavy atom. The Morgan fingerprint density at radius 1 is 1.42 bits per heavy atom. The van der Waals surface area contributed by atoms with Crippen molar-refractivity contribution < 1.29 is 12.9 Å². The summed E-state index contributed by atoms with van der Waals surface area (Å²) in [5.74, 6) is 0. The molecule has 2 unspecified atom stereocenters. The van der Waals surface area contributed by atoms with Crippen molar-refractivity contribution in [2.75, 3.05) is 0 Å². The van der Waals surface area contributed by atoms with Crippen molar-refractivity contribution >= 4 is 11.4 Å². The molecule has 0 spiro atoms. The molecular formula is C8H10O3S. The van der Waals surface area contributed by atoms with Crippen molar-refractivity contribution in [1.82, 2.24) is 0 Å². The van der Waals surface area contributed by atoms with Crippen molar-refractivity contribution in [2.45, 2.75) is 13.0 Å². The molecule has 1 N–H and O–H groups in total. The van der Waals surface area contributed by atoms with Gasteiger partial charge in [-0.2, -0.15) is 4.21 Å². The summed E-state index contributed by atoms with van der Waals surface area (Å²) in [5.41, 5.74) is 0.889. The van der Waals surface area contributed by atoms with Crippen LogP contribution < -0.4 is 0 Å². The predicted octanol–water partition coefficient (Wildman–Crippen LogP) is 1.90. The van der Waals surface area contributed by atoms with E-state index in [-0.39, 0.29) is 6.10 Å². The van der Waals surface area contributed by atoms with Gasteiger partial charge in [-0.25, -0.2) is 0 Å². The molecule has 2 atom stereocenters. The predicted molar refractivity (Wildman–Crippen MR) is 46.7 cm³/mol. The van der Waals surface area contributed by atoms with Crippen LogP contribution in [0.25, 0.3) is 0 Å². The molecule has 3 nitrogen and oxygen atoms in total. The van der Waals surface area contributed by atoms with Crippen molar-refractivity contribution in [3.8, 4) is 0 Å². The third kappa shape index (κ3) is 2.73. The zero-order chi connectivity index (χ0) is 8.97. The van der Waals surface area contributed by atoms with Gasteiger partial charge in [0.2, 0.25) is 0 Å². The minimum absolute atomic E-state index is 0.350. The summed E-state index contributed by atoms with van der Waals surface area (Å²) < 4.78 is 23.4. The second-order valence-electron chi connectivity index (χ2n) is 2.37. The first-order valence-corrected chi connectivity index (χ1v) is 4.56. The maximum absolute atomic E-state index is 10.3. The molecule has 4 heteroatoms. The fourth-order valence-corrected chi connectivity index (χ4v) is 1.26. The topological polar surface area (TPSA) is 46.5 Å². The summed E-state index contributed by atoms with van der Waals surface area (Å²) in [6.45, 7) is 1.73. The molecular weight excluding hydrogens is 176 g/mol.